The molecule has 1 rings (SSSR count). The molecule has 1 aliphatic heterocycles. The Labute approximate surface area is 96.7 Å². The number of sulfone groups is 1. The summed E-state index contributed by atoms with van der Waals surface area (Å²) in [7, 11) is -2.86. The molecule has 0 aromatic heterocycles. The minimum absolute atomic E-state index is 0.0494. The summed E-state index contributed by atoms with van der Waals surface area (Å²) < 4.78 is 22.4. The molecule has 1 saturated heterocycles. The van der Waals surface area contributed by atoms with Crippen LogP contribution in [0.5, 0.6) is 0 Å². The molecule has 1 aliphatic rings. The topological polar surface area (TPSA) is 89.3 Å². The van der Waals surface area contributed by atoms with Crippen LogP contribution in [0.25, 0.3) is 0 Å². The molecule has 2 atom stereocenters. The van der Waals surface area contributed by atoms with Crippen LogP contribution in [0, 0.1) is 11.8 Å². The Morgan fingerprint density at radius 3 is 2.56 bits per heavy atom. The van der Waals surface area contributed by atoms with Crippen molar-refractivity contribution < 1.29 is 13.2 Å². The van der Waals surface area contributed by atoms with Crippen LogP contribution in [0.15, 0.2) is 0 Å². The summed E-state index contributed by atoms with van der Waals surface area (Å²) in [5.74, 6) is 0.369. The molecule has 1 fully saturated rings. The number of carbonyl (C=O) groups excluding carboxylic acids is 1. The van der Waals surface area contributed by atoms with E-state index in [1.165, 1.54) is 0 Å². The van der Waals surface area contributed by atoms with Crippen molar-refractivity contribution in [2.45, 2.75) is 26.3 Å². The monoisotopic (exact) mass is 248 g/mol. The minimum atomic E-state index is -2.86. The zero-order valence-corrected chi connectivity index (χ0v) is 10.6. The first-order chi connectivity index (χ1) is 7.32. The molecule has 3 N–H and O–H groups in total. The van der Waals surface area contributed by atoms with Gasteiger partial charge in [-0.05, 0) is 18.3 Å². The number of rotatable bonds is 4. The van der Waals surface area contributed by atoms with Gasteiger partial charge in [0, 0.05) is 6.54 Å². The van der Waals surface area contributed by atoms with Crippen molar-refractivity contribution >= 4 is 15.7 Å². The number of nitrogens with one attached hydrogen (secondary N) is 1. The summed E-state index contributed by atoms with van der Waals surface area (Å²) in [6.45, 7) is 4.17. The third-order valence-corrected chi connectivity index (χ3v) is 4.75. The zero-order chi connectivity index (χ0) is 12.3. The molecule has 5 nitrogen and oxygen atoms in total. The van der Waals surface area contributed by atoms with Gasteiger partial charge < -0.3 is 11.1 Å². The van der Waals surface area contributed by atoms with Gasteiger partial charge >= 0.3 is 0 Å². The fourth-order valence-electron chi connectivity index (χ4n) is 1.70. The molecule has 0 saturated carbocycles. The number of hydrogen-bond acceptors (Lipinski definition) is 4. The predicted octanol–water partition coefficient (Wildman–Crippen LogP) is -0.479. The van der Waals surface area contributed by atoms with E-state index in [4.69, 9.17) is 5.73 Å². The van der Waals surface area contributed by atoms with Crippen LogP contribution >= 0.6 is 0 Å². The fraction of sp³-hybridized carbons (Fsp3) is 0.900. The molecule has 1 unspecified atom stereocenters. The van der Waals surface area contributed by atoms with Gasteiger partial charge in [0.2, 0.25) is 5.91 Å². The van der Waals surface area contributed by atoms with Crippen molar-refractivity contribution in [1.82, 2.24) is 5.32 Å². The number of hydrogen-bond donors (Lipinski definition) is 2. The van der Waals surface area contributed by atoms with E-state index in [1.54, 1.807) is 0 Å². The van der Waals surface area contributed by atoms with E-state index in [0.29, 0.717) is 13.0 Å². The molecule has 0 spiro atoms. The highest BCUT2D eigenvalue weighted by molar-refractivity contribution is 7.91. The van der Waals surface area contributed by atoms with E-state index in [-0.39, 0.29) is 29.2 Å². The molecule has 0 radical (unpaired) electrons. The highest BCUT2D eigenvalue weighted by Gasteiger charge is 2.28. The summed E-state index contributed by atoms with van der Waals surface area (Å²) in [4.78, 5) is 11.5. The molecular formula is C10H20N2O3S. The van der Waals surface area contributed by atoms with Crippen molar-refractivity contribution in [2.75, 3.05) is 18.1 Å². The normalized spacial score (nSPS) is 25.6. The van der Waals surface area contributed by atoms with Crippen molar-refractivity contribution in [2.24, 2.45) is 17.6 Å². The highest BCUT2D eigenvalue weighted by atomic mass is 32.2. The van der Waals surface area contributed by atoms with E-state index in [2.05, 4.69) is 5.32 Å². The van der Waals surface area contributed by atoms with E-state index in [0.717, 1.165) is 0 Å². The molecule has 16 heavy (non-hydrogen) atoms. The summed E-state index contributed by atoms with van der Waals surface area (Å²) >= 11 is 0. The lowest BCUT2D eigenvalue weighted by Crippen LogP contribution is -2.45. The second kappa shape index (κ2) is 5.14. The first-order valence-corrected chi connectivity index (χ1v) is 7.37. The van der Waals surface area contributed by atoms with Crippen molar-refractivity contribution in [3.63, 3.8) is 0 Å². The smallest absolute Gasteiger partial charge is 0.237 e. The largest absolute Gasteiger partial charge is 0.354 e. The summed E-state index contributed by atoms with van der Waals surface area (Å²) in [6, 6.07) is -0.516. The summed E-state index contributed by atoms with van der Waals surface area (Å²) in [5.41, 5.74) is 5.67. The Morgan fingerprint density at radius 1 is 1.50 bits per heavy atom. The zero-order valence-electron chi connectivity index (χ0n) is 9.77. The molecule has 0 aromatic carbocycles. The van der Waals surface area contributed by atoms with E-state index in [1.807, 2.05) is 13.8 Å². The van der Waals surface area contributed by atoms with Crippen LogP contribution in [0.1, 0.15) is 20.3 Å². The van der Waals surface area contributed by atoms with Gasteiger partial charge in [-0.25, -0.2) is 8.42 Å². The highest BCUT2D eigenvalue weighted by Crippen LogP contribution is 2.17. The Balaban J connectivity index is 2.34. The third-order valence-electron chi connectivity index (χ3n) is 2.91. The Kier molecular flexibility index (Phi) is 4.32. The lowest BCUT2D eigenvalue weighted by atomic mass is 10.0. The quantitative estimate of drug-likeness (QED) is 0.703. The van der Waals surface area contributed by atoms with Gasteiger partial charge in [-0.15, -0.1) is 0 Å². The third kappa shape index (κ3) is 3.75. The second-order valence-corrected chi connectivity index (χ2v) is 7.01. The van der Waals surface area contributed by atoms with Gasteiger partial charge in [0.05, 0.1) is 17.5 Å². The van der Waals surface area contributed by atoms with Gasteiger partial charge in [0.25, 0.3) is 0 Å². The van der Waals surface area contributed by atoms with Gasteiger partial charge in [0.1, 0.15) is 0 Å². The number of nitrogens with two attached hydrogens (primary N) is 1. The molecule has 6 heteroatoms. The van der Waals surface area contributed by atoms with Crippen molar-refractivity contribution in [3.05, 3.63) is 0 Å². The van der Waals surface area contributed by atoms with Crippen LogP contribution < -0.4 is 11.1 Å². The van der Waals surface area contributed by atoms with Crippen LogP contribution in [-0.2, 0) is 14.6 Å². The van der Waals surface area contributed by atoms with Gasteiger partial charge in [0.15, 0.2) is 9.84 Å². The molecule has 0 aliphatic carbocycles. The molecular weight excluding hydrogens is 228 g/mol. The standard InChI is InChI=1S/C10H20N2O3S/c1-7(2)9(11)10(13)12-5-8-3-4-16(14,15)6-8/h7-9H,3-6,11H2,1-2H3,(H,12,13)/t8?,9-/m1/s1. The Hall–Kier alpha value is -0.620. The summed E-state index contributed by atoms with van der Waals surface area (Å²) in [5, 5.41) is 2.72. The maximum absolute atomic E-state index is 11.5. The lowest BCUT2D eigenvalue weighted by Gasteiger charge is -2.16. The molecule has 0 bridgehead atoms. The van der Waals surface area contributed by atoms with Gasteiger partial charge in [-0.1, -0.05) is 13.8 Å². The Bertz CT molecular complexity index is 351. The SMILES string of the molecule is CC(C)[C@@H](N)C(=O)NCC1CCS(=O)(=O)C1. The summed E-state index contributed by atoms with van der Waals surface area (Å²) in [6.07, 6.45) is 0.638. The minimum Gasteiger partial charge on any atom is -0.354 e. The predicted molar refractivity (Wildman–Crippen MR) is 62.6 cm³/mol. The average molecular weight is 248 g/mol. The molecule has 94 valence electrons. The van der Waals surface area contributed by atoms with Crippen molar-refractivity contribution in [1.29, 1.82) is 0 Å². The maximum Gasteiger partial charge on any atom is 0.237 e. The van der Waals surface area contributed by atoms with E-state index >= 15 is 0 Å². The molecule has 1 heterocycles. The van der Waals surface area contributed by atoms with Crippen LogP contribution in [0.3, 0.4) is 0 Å². The first kappa shape index (κ1) is 13.4. The van der Waals surface area contributed by atoms with Crippen LogP contribution in [0.4, 0.5) is 0 Å². The average Bonchev–Trinajstić information content (AvgIpc) is 2.53. The number of amides is 1. The van der Waals surface area contributed by atoms with E-state index < -0.39 is 15.9 Å². The molecule has 0 aromatic rings. The van der Waals surface area contributed by atoms with Crippen LogP contribution in [-0.4, -0.2) is 38.4 Å². The van der Waals surface area contributed by atoms with Gasteiger partial charge in [-0.2, -0.15) is 0 Å². The first-order valence-electron chi connectivity index (χ1n) is 5.55. The lowest BCUT2D eigenvalue weighted by molar-refractivity contribution is -0.123. The molecule has 1 amide bonds. The van der Waals surface area contributed by atoms with Crippen LogP contribution in [0.2, 0.25) is 0 Å². The Morgan fingerprint density at radius 2 is 2.12 bits per heavy atom. The number of carbonyl (C=O) groups is 1. The van der Waals surface area contributed by atoms with Crippen molar-refractivity contribution in [3.8, 4) is 0 Å². The van der Waals surface area contributed by atoms with Gasteiger partial charge in [-0.3, -0.25) is 4.79 Å². The second-order valence-electron chi connectivity index (χ2n) is 4.78. The maximum atomic E-state index is 11.5. The van der Waals surface area contributed by atoms with E-state index in [9.17, 15) is 13.2 Å². The fourth-order valence-corrected chi connectivity index (χ4v) is 3.56.